The Labute approximate surface area is 267 Å². The van der Waals surface area contributed by atoms with E-state index < -0.39 is 59.9 Å². The summed E-state index contributed by atoms with van der Waals surface area (Å²) < 4.78 is 38.7. The van der Waals surface area contributed by atoms with Gasteiger partial charge >= 0.3 is 11.7 Å². The van der Waals surface area contributed by atoms with Crippen molar-refractivity contribution in [1.29, 1.82) is 0 Å². The molecular formula is C26H33Cl4FN4O8. The fourth-order valence-electron chi connectivity index (χ4n) is 4.10. The van der Waals surface area contributed by atoms with Gasteiger partial charge in [0.1, 0.15) is 17.2 Å². The minimum atomic E-state index is -2.06. The lowest BCUT2D eigenvalue weighted by Crippen LogP contribution is -2.47. The van der Waals surface area contributed by atoms with Crippen LogP contribution in [0.2, 0.25) is 15.1 Å². The molecule has 0 radical (unpaired) electrons. The summed E-state index contributed by atoms with van der Waals surface area (Å²) in [5.74, 6) is -1.85. The highest BCUT2D eigenvalue weighted by Gasteiger charge is 2.49. The van der Waals surface area contributed by atoms with E-state index in [2.05, 4.69) is 10.3 Å². The van der Waals surface area contributed by atoms with Gasteiger partial charge in [-0.1, -0.05) is 55.6 Å². The third kappa shape index (κ3) is 8.14. The molecule has 1 fully saturated rings. The number of aromatic amines is 1. The first kappa shape index (κ1) is 36.6. The number of amides is 1. The largest absolute Gasteiger partial charge is 0.493 e. The van der Waals surface area contributed by atoms with Crippen LogP contribution in [0.1, 0.15) is 39.5 Å². The number of hydrogen-bond acceptors (Lipinski definition) is 9. The third-order valence-electron chi connectivity index (χ3n) is 6.64. The predicted molar refractivity (Wildman–Crippen MR) is 161 cm³/mol. The van der Waals surface area contributed by atoms with Gasteiger partial charge in [-0.15, -0.1) is 12.4 Å². The van der Waals surface area contributed by atoms with Gasteiger partial charge in [-0.25, -0.2) is 9.18 Å². The van der Waals surface area contributed by atoms with Crippen molar-refractivity contribution in [1.82, 2.24) is 14.9 Å². The van der Waals surface area contributed by atoms with Crippen molar-refractivity contribution in [2.24, 2.45) is 11.7 Å². The number of nitrogens with two attached hydrogens (primary N) is 1. The van der Waals surface area contributed by atoms with Crippen LogP contribution < -0.4 is 31.8 Å². The van der Waals surface area contributed by atoms with Crippen molar-refractivity contribution in [3.63, 3.8) is 0 Å². The Morgan fingerprint density at radius 3 is 2.40 bits per heavy atom. The Balaban J connectivity index is 0.00000645. The standard InChI is InChI=1S/C26H32Cl3FN4O8.ClH/c1-6-12-9-34(26(38)33-23(12)36)24-17(30)21(42-25(37)18(31)10(2)3)15(41-24)8-32-22(35)11(4)40-20-14(28)7-13(27)19(39-5)16(20)29;/h7,9-11,15,17-18,21,24H,6,8,31H2,1-5H3,(H,32,35)(H,33,36,38);1H/t11-,15+,17-,18-,21+,24+;/m0./s1. The van der Waals surface area contributed by atoms with Gasteiger partial charge in [0.05, 0.1) is 17.2 Å². The fourth-order valence-corrected chi connectivity index (χ4v) is 5.11. The normalized spacial score (nSPS) is 21.1. The summed E-state index contributed by atoms with van der Waals surface area (Å²) in [6.45, 7) is 6.11. The smallest absolute Gasteiger partial charge is 0.330 e. The molecule has 3 rings (SSSR count). The summed E-state index contributed by atoms with van der Waals surface area (Å²) in [5.41, 5.74) is 4.55. The van der Waals surface area contributed by atoms with Crippen molar-refractivity contribution in [3.8, 4) is 11.5 Å². The second kappa shape index (κ2) is 15.4. The highest BCUT2D eigenvalue weighted by molar-refractivity contribution is 6.42. The lowest BCUT2D eigenvalue weighted by molar-refractivity contribution is -0.156. The van der Waals surface area contributed by atoms with E-state index in [9.17, 15) is 19.2 Å². The van der Waals surface area contributed by atoms with Crippen LogP contribution in [0.15, 0.2) is 21.9 Å². The van der Waals surface area contributed by atoms with Crippen LogP contribution in [0.3, 0.4) is 0 Å². The lowest BCUT2D eigenvalue weighted by Gasteiger charge is -2.24. The van der Waals surface area contributed by atoms with Crippen LogP contribution in [-0.2, 0) is 25.5 Å². The van der Waals surface area contributed by atoms with E-state index in [0.29, 0.717) is 0 Å². The van der Waals surface area contributed by atoms with E-state index in [1.54, 1.807) is 20.8 Å². The maximum absolute atomic E-state index is 15.8. The highest BCUT2D eigenvalue weighted by Crippen LogP contribution is 2.45. The SMILES string of the molecule is CCc1cn([C@@H]2O[C@H](CNC(=O)[C@H](C)Oc3c(Cl)cc(Cl)c(OC)c3Cl)[C@@H](OC(=O)[C@@H](N)C(C)C)[C@@H]2F)c(=O)[nH]c1=O.Cl. The number of ether oxygens (including phenoxy) is 4. The number of carbonyl (C=O) groups excluding carboxylic acids is 2. The van der Waals surface area contributed by atoms with Gasteiger partial charge in [0, 0.05) is 18.3 Å². The van der Waals surface area contributed by atoms with Crippen molar-refractivity contribution in [2.75, 3.05) is 13.7 Å². The van der Waals surface area contributed by atoms with Crippen LogP contribution >= 0.6 is 47.2 Å². The second-order valence-electron chi connectivity index (χ2n) is 9.88. The van der Waals surface area contributed by atoms with E-state index in [1.807, 2.05) is 0 Å². The number of aromatic nitrogens is 2. The van der Waals surface area contributed by atoms with Crippen molar-refractivity contribution >= 4 is 59.1 Å². The molecule has 0 bridgehead atoms. The number of halogens is 5. The van der Waals surface area contributed by atoms with Gasteiger partial charge in [0.2, 0.25) is 0 Å². The van der Waals surface area contributed by atoms with Crippen molar-refractivity contribution in [3.05, 3.63) is 53.7 Å². The van der Waals surface area contributed by atoms with Crippen LogP contribution in [0, 0.1) is 5.92 Å². The minimum Gasteiger partial charge on any atom is -0.493 e. The number of hydrogen-bond donors (Lipinski definition) is 3. The Kier molecular flexibility index (Phi) is 13.2. The summed E-state index contributed by atoms with van der Waals surface area (Å²) in [4.78, 5) is 52.2. The average molecular weight is 690 g/mol. The molecule has 0 unspecified atom stereocenters. The van der Waals surface area contributed by atoms with Crippen molar-refractivity contribution < 1.29 is 32.9 Å². The molecule has 1 aromatic carbocycles. The molecule has 17 heteroatoms. The van der Waals surface area contributed by atoms with E-state index in [-0.39, 0.29) is 63.4 Å². The predicted octanol–water partition coefficient (Wildman–Crippen LogP) is 3.20. The molecule has 1 aliphatic heterocycles. The summed E-state index contributed by atoms with van der Waals surface area (Å²) in [6.07, 6.45) is -6.19. The Morgan fingerprint density at radius 1 is 1.19 bits per heavy atom. The van der Waals surface area contributed by atoms with E-state index in [0.717, 1.165) is 4.57 Å². The fraction of sp³-hybridized carbons (Fsp3) is 0.538. The molecule has 6 atom stereocenters. The van der Waals surface area contributed by atoms with E-state index in [4.69, 9.17) is 59.5 Å². The molecule has 4 N–H and O–H groups in total. The maximum Gasteiger partial charge on any atom is 0.330 e. The van der Waals surface area contributed by atoms with E-state index in [1.165, 1.54) is 26.3 Å². The van der Waals surface area contributed by atoms with Gasteiger partial charge in [-0.3, -0.25) is 23.9 Å². The summed E-state index contributed by atoms with van der Waals surface area (Å²) in [5, 5.41) is 2.66. The Morgan fingerprint density at radius 2 is 1.81 bits per heavy atom. The summed E-state index contributed by atoms with van der Waals surface area (Å²) >= 11 is 18.5. The second-order valence-corrected chi connectivity index (χ2v) is 11.1. The molecule has 1 aromatic heterocycles. The zero-order chi connectivity index (χ0) is 31.5. The van der Waals surface area contributed by atoms with Gasteiger partial charge in [0.15, 0.2) is 36.1 Å². The number of H-pyrrole nitrogens is 1. The monoisotopic (exact) mass is 688 g/mol. The highest BCUT2D eigenvalue weighted by atomic mass is 35.5. The summed E-state index contributed by atoms with van der Waals surface area (Å²) in [7, 11) is 1.34. The quantitative estimate of drug-likeness (QED) is 0.301. The van der Waals surface area contributed by atoms with Gasteiger partial charge in [0.25, 0.3) is 11.5 Å². The number of benzene rings is 1. The summed E-state index contributed by atoms with van der Waals surface area (Å²) in [6, 6.07) is 0.277. The number of esters is 1. The number of nitrogens with one attached hydrogen (secondary N) is 2. The number of methoxy groups -OCH3 is 1. The number of carbonyl (C=O) groups is 2. The number of nitrogens with zero attached hydrogens (tertiary/aromatic N) is 1. The molecule has 0 saturated carbocycles. The molecule has 43 heavy (non-hydrogen) atoms. The Bertz CT molecular complexity index is 1440. The average Bonchev–Trinajstić information content (AvgIpc) is 3.23. The Hall–Kier alpha value is -2.55. The number of alkyl halides is 1. The molecule has 240 valence electrons. The first-order valence-electron chi connectivity index (χ1n) is 13.0. The third-order valence-corrected chi connectivity index (χ3v) is 7.54. The molecule has 12 nitrogen and oxygen atoms in total. The molecule has 1 saturated heterocycles. The number of aryl methyl sites for hydroxylation is 1. The first-order valence-corrected chi connectivity index (χ1v) is 14.1. The number of rotatable bonds is 11. The molecule has 2 aromatic rings. The lowest BCUT2D eigenvalue weighted by atomic mass is 10.1. The van der Waals surface area contributed by atoms with Crippen LogP contribution in [0.25, 0.3) is 0 Å². The van der Waals surface area contributed by atoms with Gasteiger partial charge in [-0.2, -0.15) is 0 Å². The van der Waals surface area contributed by atoms with Crippen LogP contribution in [-0.4, -0.2) is 65.6 Å². The first-order chi connectivity index (χ1) is 19.7. The van der Waals surface area contributed by atoms with Crippen molar-refractivity contribution in [2.45, 2.75) is 70.9 Å². The topological polar surface area (TPSA) is 164 Å². The molecule has 1 amide bonds. The molecule has 1 aliphatic rings. The zero-order valence-electron chi connectivity index (χ0n) is 23.8. The molecule has 0 spiro atoms. The molecular weight excluding hydrogens is 657 g/mol. The zero-order valence-corrected chi connectivity index (χ0v) is 26.9. The maximum atomic E-state index is 15.8. The van der Waals surface area contributed by atoms with Gasteiger partial charge in [-0.05, 0) is 25.3 Å². The van der Waals surface area contributed by atoms with E-state index >= 15 is 4.39 Å². The van der Waals surface area contributed by atoms with Crippen LogP contribution in [0.5, 0.6) is 11.5 Å². The minimum absolute atomic E-state index is 0. The molecule has 0 aliphatic carbocycles. The van der Waals surface area contributed by atoms with Crippen LogP contribution in [0.4, 0.5) is 4.39 Å². The molecule has 2 heterocycles. The van der Waals surface area contributed by atoms with Gasteiger partial charge < -0.3 is 30.0 Å².